The van der Waals surface area contributed by atoms with E-state index in [0.717, 1.165) is 13.8 Å². The first-order valence-corrected chi connectivity index (χ1v) is 1.82. The third kappa shape index (κ3) is 256. The van der Waals surface area contributed by atoms with Crippen molar-refractivity contribution in [3.8, 4) is 0 Å². The Morgan fingerprint density at radius 2 is 0.900 bits per heavy atom. The van der Waals surface area contributed by atoms with Crippen LogP contribution < -0.4 is 10.2 Å². The van der Waals surface area contributed by atoms with Crippen molar-refractivity contribution in [2.24, 2.45) is 0 Å². The molecular formula is C4H6Ce2O4+4. The van der Waals surface area contributed by atoms with E-state index < -0.39 is 11.9 Å². The number of carbonyl (C=O) groups is 2. The Kier molecular flexibility index (Phi) is 38.3. The molecule has 0 aromatic rings. The summed E-state index contributed by atoms with van der Waals surface area (Å²) in [6, 6.07) is 0. The maximum absolute atomic E-state index is 8.89. The fraction of sp³-hybridized carbons (Fsp3) is 0.500. The van der Waals surface area contributed by atoms with Gasteiger partial charge in [-0.05, 0) is 13.8 Å². The summed E-state index contributed by atoms with van der Waals surface area (Å²) in [7, 11) is 0. The zero-order valence-electron chi connectivity index (χ0n) is 5.63. The molecule has 0 aliphatic carbocycles. The Hall–Kier alpha value is 1.69. The van der Waals surface area contributed by atoms with Crippen molar-refractivity contribution in [3.63, 3.8) is 0 Å². The first-order chi connectivity index (χ1) is 3.46. The second-order valence-electron chi connectivity index (χ2n) is 0.983. The zero-order chi connectivity index (χ0) is 7.15. The van der Waals surface area contributed by atoms with E-state index in [2.05, 4.69) is 0 Å². The van der Waals surface area contributed by atoms with E-state index in [1.54, 1.807) is 0 Å². The van der Waals surface area contributed by atoms with Crippen molar-refractivity contribution >= 4 is 11.9 Å². The van der Waals surface area contributed by atoms with Crippen LogP contribution in [0.4, 0.5) is 0 Å². The summed E-state index contributed by atoms with van der Waals surface area (Å²) < 4.78 is 0. The first kappa shape index (κ1) is 22.6. The molecule has 0 aromatic heterocycles. The molecule has 6 heteroatoms. The van der Waals surface area contributed by atoms with Crippen LogP contribution >= 0.6 is 0 Å². The van der Waals surface area contributed by atoms with Crippen LogP contribution in [0.15, 0.2) is 0 Å². The van der Waals surface area contributed by atoms with E-state index in [1.807, 2.05) is 0 Å². The van der Waals surface area contributed by atoms with Gasteiger partial charge in [-0.3, -0.25) is 0 Å². The third-order valence-corrected chi connectivity index (χ3v) is 0. The maximum atomic E-state index is 8.89. The van der Waals surface area contributed by atoms with E-state index in [0.29, 0.717) is 0 Å². The molecule has 10 heavy (non-hydrogen) atoms. The van der Waals surface area contributed by atoms with Gasteiger partial charge in [0.05, 0.1) is 0 Å². The summed E-state index contributed by atoms with van der Waals surface area (Å²) in [5.41, 5.74) is 0. The number of rotatable bonds is 0. The largest absolute Gasteiger partial charge is 3.00 e. The zero-order valence-corrected chi connectivity index (χ0v) is 11.9. The monoisotopic (exact) mass is 398 g/mol. The van der Waals surface area contributed by atoms with Gasteiger partial charge < -0.3 is 19.8 Å². The summed E-state index contributed by atoms with van der Waals surface area (Å²) in [4.78, 5) is 17.8. The van der Waals surface area contributed by atoms with E-state index in [1.165, 1.54) is 0 Å². The fourth-order valence-electron chi connectivity index (χ4n) is 0. The normalized spacial score (nSPS) is 5.00. The summed E-state index contributed by atoms with van der Waals surface area (Å²) in [5, 5.41) is 17.8. The molecule has 0 saturated carbocycles. The molecule has 4 nitrogen and oxygen atoms in total. The average Bonchev–Trinajstić information content (AvgIpc) is 1.25. The molecule has 0 rings (SSSR count). The molecule has 0 N–H and O–H groups in total. The predicted molar refractivity (Wildman–Crippen MR) is 21.4 cm³/mol. The number of carboxylic acid groups (broad SMARTS) is 2. The average molecular weight is 398 g/mol. The van der Waals surface area contributed by atoms with E-state index in [4.69, 9.17) is 19.8 Å². The van der Waals surface area contributed by atoms with Gasteiger partial charge >= 0.3 is 83.5 Å². The van der Waals surface area contributed by atoms with Crippen molar-refractivity contribution in [3.05, 3.63) is 0 Å². The van der Waals surface area contributed by atoms with Crippen LogP contribution in [-0.2, 0) is 9.59 Å². The molecular weight excluding hydrogens is 392 g/mol. The summed E-state index contributed by atoms with van der Waals surface area (Å²) >= 11 is 0. The molecule has 0 heterocycles. The molecule has 0 fully saturated rings. The molecule has 0 atom stereocenters. The molecule has 50 valence electrons. The van der Waals surface area contributed by atoms with Crippen LogP contribution in [0.5, 0.6) is 0 Å². The van der Waals surface area contributed by atoms with Gasteiger partial charge in [-0.1, -0.05) is 0 Å². The predicted octanol–water partition coefficient (Wildman–Crippen LogP) is -2.49. The van der Waals surface area contributed by atoms with Crippen molar-refractivity contribution in [2.75, 3.05) is 0 Å². The molecule has 0 aromatic carbocycles. The molecule has 0 unspecified atom stereocenters. The van der Waals surface area contributed by atoms with Crippen molar-refractivity contribution < 1.29 is 103 Å². The number of hydrogen-bond donors (Lipinski definition) is 0. The van der Waals surface area contributed by atoms with E-state index in [-0.39, 0.29) is 83.5 Å². The van der Waals surface area contributed by atoms with Gasteiger partial charge in [-0.2, -0.15) is 0 Å². The summed E-state index contributed by atoms with van der Waals surface area (Å²) in [6.45, 7) is 1.94. The van der Waals surface area contributed by atoms with Crippen LogP contribution in [0, 0.1) is 83.5 Å². The van der Waals surface area contributed by atoms with Gasteiger partial charge in [0.15, 0.2) is 0 Å². The molecule has 0 aliphatic heterocycles. The van der Waals surface area contributed by atoms with Crippen molar-refractivity contribution in [1.82, 2.24) is 0 Å². The topological polar surface area (TPSA) is 80.3 Å². The quantitative estimate of drug-likeness (QED) is 0.453. The Bertz CT molecular complexity index is 73.3. The van der Waals surface area contributed by atoms with Crippen LogP contribution in [-0.4, -0.2) is 11.9 Å². The Morgan fingerprint density at radius 1 is 0.900 bits per heavy atom. The van der Waals surface area contributed by atoms with E-state index in [9.17, 15) is 0 Å². The van der Waals surface area contributed by atoms with Gasteiger partial charge in [0, 0.05) is 11.9 Å². The van der Waals surface area contributed by atoms with Crippen molar-refractivity contribution in [2.45, 2.75) is 13.8 Å². The Morgan fingerprint density at radius 3 is 0.900 bits per heavy atom. The van der Waals surface area contributed by atoms with Crippen LogP contribution in [0.2, 0.25) is 0 Å². The van der Waals surface area contributed by atoms with Gasteiger partial charge in [0.25, 0.3) is 0 Å². The number of carboxylic acids is 2. The van der Waals surface area contributed by atoms with Crippen LogP contribution in [0.3, 0.4) is 0 Å². The standard InChI is InChI=1S/2C2H4O2.2Ce/c2*1-2(3)4;;/h2*1H3,(H,3,4);;/q;;2*+3/p-2. The van der Waals surface area contributed by atoms with Crippen LogP contribution in [0.1, 0.15) is 13.8 Å². The molecule has 0 saturated heterocycles. The second-order valence-corrected chi connectivity index (χ2v) is 0.983. The van der Waals surface area contributed by atoms with Gasteiger partial charge in [0.1, 0.15) is 0 Å². The summed E-state index contributed by atoms with van der Waals surface area (Å²) in [5.74, 6) is -2.17. The molecule has 2 radical (unpaired) electrons. The number of aliphatic carboxylic acids is 2. The first-order valence-electron chi connectivity index (χ1n) is 1.82. The number of hydrogen-bond acceptors (Lipinski definition) is 4. The molecule has 0 aliphatic rings. The molecule has 0 bridgehead atoms. The maximum Gasteiger partial charge on any atom is 3.00 e. The minimum Gasteiger partial charge on any atom is -0.550 e. The van der Waals surface area contributed by atoms with Gasteiger partial charge in [0.2, 0.25) is 0 Å². The Labute approximate surface area is 127 Å². The Balaban J connectivity index is -0.0000000300. The smallest absolute Gasteiger partial charge is 0.550 e. The molecule has 0 amide bonds. The minimum atomic E-state index is -1.08. The van der Waals surface area contributed by atoms with E-state index >= 15 is 0 Å². The fourth-order valence-corrected chi connectivity index (χ4v) is 0. The van der Waals surface area contributed by atoms with Crippen LogP contribution in [0.25, 0.3) is 0 Å². The third-order valence-electron chi connectivity index (χ3n) is 0. The minimum absolute atomic E-state index is 0. The van der Waals surface area contributed by atoms with Crippen molar-refractivity contribution in [1.29, 1.82) is 0 Å². The second kappa shape index (κ2) is 17.0. The van der Waals surface area contributed by atoms with Gasteiger partial charge in [-0.25, -0.2) is 0 Å². The molecule has 0 spiro atoms. The number of carbonyl (C=O) groups excluding carboxylic acids is 2. The SMILES string of the molecule is CC(=O)[O-].CC(=O)[O-].[Ce+3].[Ce+3]. The van der Waals surface area contributed by atoms with Gasteiger partial charge in [-0.15, -0.1) is 0 Å². The summed E-state index contributed by atoms with van der Waals surface area (Å²) in [6.07, 6.45) is 0.